The zero-order valence-corrected chi connectivity index (χ0v) is 10.2. The van der Waals surface area contributed by atoms with Crippen molar-refractivity contribution in [3.8, 4) is 0 Å². The first-order chi connectivity index (χ1) is 7.91. The first-order valence-electron chi connectivity index (χ1n) is 5.74. The molecule has 0 unspecified atom stereocenters. The minimum atomic E-state index is -0.533. The minimum Gasteiger partial charge on any atom is -0.396 e. The zero-order valence-electron chi connectivity index (χ0n) is 10.2. The van der Waals surface area contributed by atoms with Crippen molar-refractivity contribution >= 4 is 11.6 Å². The number of nitrogen functional groups attached to an aromatic ring is 1. The Hall–Kier alpha value is -1.58. The molecule has 1 fully saturated rings. The van der Waals surface area contributed by atoms with Gasteiger partial charge < -0.3 is 10.6 Å². The lowest BCUT2D eigenvalue weighted by atomic mass is 9.93. The number of benzene rings is 1. The molecule has 1 heterocycles. The number of rotatable bonds is 1. The second-order valence-electron chi connectivity index (χ2n) is 5.34. The average Bonchev–Trinajstić information content (AvgIpc) is 2.62. The molecule has 4 heteroatoms. The number of nitrogens with zero attached hydrogens (tertiary/aromatic N) is 1. The van der Waals surface area contributed by atoms with Gasteiger partial charge in [-0.1, -0.05) is 19.9 Å². The molecule has 0 radical (unpaired) electrons. The smallest absolute Gasteiger partial charge is 0.256 e. The summed E-state index contributed by atoms with van der Waals surface area (Å²) < 4.78 is 13.3. The van der Waals surface area contributed by atoms with Crippen LogP contribution in [0.25, 0.3) is 0 Å². The van der Waals surface area contributed by atoms with E-state index < -0.39 is 5.82 Å². The second kappa shape index (κ2) is 4.02. The number of anilines is 1. The molecular weight excluding hydrogens is 219 g/mol. The van der Waals surface area contributed by atoms with Crippen molar-refractivity contribution in [1.29, 1.82) is 0 Å². The van der Waals surface area contributed by atoms with Gasteiger partial charge in [-0.15, -0.1) is 0 Å². The predicted octanol–water partition coefficient (Wildman–Crippen LogP) is 2.28. The molecule has 0 atom stereocenters. The molecule has 0 saturated carbocycles. The average molecular weight is 236 g/mol. The van der Waals surface area contributed by atoms with Gasteiger partial charge in [-0.3, -0.25) is 4.79 Å². The van der Waals surface area contributed by atoms with Gasteiger partial charge in [-0.25, -0.2) is 4.39 Å². The summed E-state index contributed by atoms with van der Waals surface area (Å²) in [4.78, 5) is 13.9. The quantitative estimate of drug-likeness (QED) is 0.760. The van der Waals surface area contributed by atoms with E-state index in [1.165, 1.54) is 12.1 Å². The lowest BCUT2D eigenvalue weighted by Gasteiger charge is -2.20. The van der Waals surface area contributed by atoms with Crippen LogP contribution < -0.4 is 5.73 Å². The maximum absolute atomic E-state index is 13.3. The number of amides is 1. The predicted molar refractivity (Wildman–Crippen MR) is 65.1 cm³/mol. The van der Waals surface area contributed by atoms with Crippen LogP contribution in [-0.2, 0) is 0 Å². The van der Waals surface area contributed by atoms with E-state index in [2.05, 4.69) is 13.8 Å². The monoisotopic (exact) mass is 236 g/mol. The van der Waals surface area contributed by atoms with Crippen LogP contribution in [0.3, 0.4) is 0 Å². The molecule has 1 aliphatic heterocycles. The van der Waals surface area contributed by atoms with Crippen LogP contribution in [0, 0.1) is 11.2 Å². The summed E-state index contributed by atoms with van der Waals surface area (Å²) in [6, 6.07) is 4.35. The molecule has 1 saturated heterocycles. The Bertz CT molecular complexity index is 457. The Morgan fingerprint density at radius 3 is 2.76 bits per heavy atom. The van der Waals surface area contributed by atoms with Crippen molar-refractivity contribution < 1.29 is 9.18 Å². The van der Waals surface area contributed by atoms with Crippen molar-refractivity contribution in [3.63, 3.8) is 0 Å². The molecule has 1 aromatic rings. The first-order valence-corrected chi connectivity index (χ1v) is 5.74. The molecule has 0 spiro atoms. The standard InChI is InChI=1S/C13H17FN2O/c1-13(2)6-7-16(8-13)12(17)9-4-3-5-10(14)11(9)15/h3-5H,6-8,15H2,1-2H3. The highest BCUT2D eigenvalue weighted by Crippen LogP contribution is 2.30. The minimum absolute atomic E-state index is 0.0535. The van der Waals surface area contributed by atoms with Gasteiger partial charge in [0.25, 0.3) is 5.91 Å². The fourth-order valence-corrected chi connectivity index (χ4v) is 2.18. The topological polar surface area (TPSA) is 46.3 Å². The largest absolute Gasteiger partial charge is 0.396 e. The van der Waals surface area contributed by atoms with Crippen LogP contribution in [0.15, 0.2) is 18.2 Å². The SMILES string of the molecule is CC1(C)CCN(C(=O)c2cccc(F)c2N)C1. The summed E-state index contributed by atoms with van der Waals surface area (Å²) in [6.07, 6.45) is 0.966. The summed E-state index contributed by atoms with van der Waals surface area (Å²) in [5.41, 5.74) is 5.95. The molecule has 1 amide bonds. The van der Waals surface area contributed by atoms with E-state index in [-0.39, 0.29) is 22.6 Å². The van der Waals surface area contributed by atoms with E-state index in [9.17, 15) is 9.18 Å². The van der Waals surface area contributed by atoms with Crippen LogP contribution >= 0.6 is 0 Å². The molecule has 2 rings (SSSR count). The van der Waals surface area contributed by atoms with Crippen molar-refractivity contribution in [2.75, 3.05) is 18.8 Å². The first kappa shape index (κ1) is 11.9. The van der Waals surface area contributed by atoms with E-state index in [0.29, 0.717) is 13.1 Å². The Morgan fingerprint density at radius 2 is 2.18 bits per heavy atom. The number of para-hydroxylation sites is 1. The van der Waals surface area contributed by atoms with E-state index in [1.807, 2.05) is 0 Å². The fraction of sp³-hybridized carbons (Fsp3) is 0.462. The Morgan fingerprint density at radius 1 is 1.47 bits per heavy atom. The van der Waals surface area contributed by atoms with Gasteiger partial charge in [-0.05, 0) is 24.0 Å². The van der Waals surface area contributed by atoms with Crippen molar-refractivity contribution in [2.45, 2.75) is 20.3 Å². The number of hydrogen-bond donors (Lipinski definition) is 1. The molecule has 1 aliphatic rings. The Labute approximate surface area is 100 Å². The van der Waals surface area contributed by atoms with Gasteiger partial charge in [0.2, 0.25) is 0 Å². The van der Waals surface area contributed by atoms with Gasteiger partial charge in [0.1, 0.15) is 5.82 Å². The van der Waals surface area contributed by atoms with Crippen LogP contribution in [0.5, 0.6) is 0 Å². The number of halogens is 1. The number of carbonyl (C=O) groups excluding carboxylic acids is 1. The Kier molecular flexibility index (Phi) is 2.81. The van der Waals surface area contributed by atoms with Crippen LogP contribution in [0.4, 0.5) is 10.1 Å². The molecule has 92 valence electrons. The number of carbonyl (C=O) groups is 1. The van der Waals surface area contributed by atoms with E-state index in [0.717, 1.165) is 6.42 Å². The van der Waals surface area contributed by atoms with Gasteiger partial charge in [0.15, 0.2) is 0 Å². The van der Waals surface area contributed by atoms with E-state index in [4.69, 9.17) is 5.73 Å². The summed E-state index contributed by atoms with van der Waals surface area (Å²) in [6.45, 7) is 5.65. The van der Waals surface area contributed by atoms with Crippen LogP contribution in [-0.4, -0.2) is 23.9 Å². The lowest BCUT2D eigenvalue weighted by Crippen LogP contribution is -2.30. The molecule has 0 aromatic heterocycles. The molecule has 2 N–H and O–H groups in total. The third-order valence-corrected chi connectivity index (χ3v) is 3.25. The molecule has 1 aromatic carbocycles. The van der Waals surface area contributed by atoms with Crippen LogP contribution in [0.2, 0.25) is 0 Å². The Balaban J connectivity index is 2.24. The molecule has 0 aliphatic carbocycles. The van der Waals surface area contributed by atoms with Gasteiger partial charge in [-0.2, -0.15) is 0 Å². The maximum Gasteiger partial charge on any atom is 0.256 e. The molecule has 17 heavy (non-hydrogen) atoms. The summed E-state index contributed by atoms with van der Waals surface area (Å²) in [5.74, 6) is -0.707. The second-order valence-corrected chi connectivity index (χ2v) is 5.34. The maximum atomic E-state index is 13.3. The van der Waals surface area contributed by atoms with Crippen molar-refractivity contribution in [3.05, 3.63) is 29.6 Å². The normalized spacial score (nSPS) is 18.4. The number of likely N-dealkylation sites (tertiary alicyclic amines) is 1. The third-order valence-electron chi connectivity index (χ3n) is 3.25. The number of hydrogen-bond acceptors (Lipinski definition) is 2. The highest BCUT2D eigenvalue weighted by atomic mass is 19.1. The fourth-order valence-electron chi connectivity index (χ4n) is 2.18. The van der Waals surface area contributed by atoms with E-state index in [1.54, 1.807) is 11.0 Å². The molecular formula is C13H17FN2O. The van der Waals surface area contributed by atoms with Gasteiger partial charge in [0, 0.05) is 13.1 Å². The van der Waals surface area contributed by atoms with Gasteiger partial charge >= 0.3 is 0 Å². The molecule has 3 nitrogen and oxygen atoms in total. The highest BCUT2D eigenvalue weighted by molar-refractivity contribution is 5.99. The lowest BCUT2D eigenvalue weighted by molar-refractivity contribution is 0.0779. The zero-order chi connectivity index (χ0) is 12.6. The van der Waals surface area contributed by atoms with Gasteiger partial charge in [0.05, 0.1) is 11.3 Å². The highest BCUT2D eigenvalue weighted by Gasteiger charge is 2.33. The third kappa shape index (κ3) is 2.25. The summed E-state index contributed by atoms with van der Waals surface area (Å²) >= 11 is 0. The summed E-state index contributed by atoms with van der Waals surface area (Å²) in [7, 11) is 0. The van der Waals surface area contributed by atoms with Crippen LogP contribution in [0.1, 0.15) is 30.6 Å². The van der Waals surface area contributed by atoms with Crippen molar-refractivity contribution in [2.24, 2.45) is 5.41 Å². The number of nitrogens with two attached hydrogens (primary N) is 1. The van der Waals surface area contributed by atoms with E-state index >= 15 is 0 Å². The molecule has 0 bridgehead atoms. The van der Waals surface area contributed by atoms with Crippen molar-refractivity contribution in [1.82, 2.24) is 4.90 Å². The summed E-state index contributed by atoms with van der Waals surface area (Å²) in [5, 5.41) is 0.